The van der Waals surface area contributed by atoms with Gasteiger partial charge in [0.25, 0.3) is 0 Å². The SMILES string of the molecule is FC(F)(F)c1cc(Br)ccc1NC1CCc2cccnc21. The van der Waals surface area contributed by atoms with Gasteiger partial charge in [0.1, 0.15) is 0 Å². The maximum absolute atomic E-state index is 13.1. The minimum absolute atomic E-state index is 0.0919. The molecule has 0 fully saturated rings. The number of aryl methyl sites for hydroxylation is 1. The van der Waals surface area contributed by atoms with Gasteiger partial charge in [-0.05, 0) is 42.7 Å². The lowest BCUT2D eigenvalue weighted by atomic mass is 10.1. The quantitative estimate of drug-likeness (QED) is 0.822. The molecule has 0 spiro atoms. The number of hydrogen-bond acceptors (Lipinski definition) is 2. The standard InChI is InChI=1S/C15H12BrF3N2/c16-10-4-6-12(11(8-10)15(17,18)19)21-13-5-3-9-2-1-7-20-14(9)13/h1-2,4,6-8,13,21H,3,5H2. The van der Waals surface area contributed by atoms with Crippen molar-refractivity contribution in [3.8, 4) is 0 Å². The van der Waals surface area contributed by atoms with Crippen molar-refractivity contribution in [1.82, 2.24) is 4.98 Å². The highest BCUT2D eigenvalue weighted by molar-refractivity contribution is 9.10. The van der Waals surface area contributed by atoms with Gasteiger partial charge in [0.2, 0.25) is 0 Å². The highest BCUT2D eigenvalue weighted by Gasteiger charge is 2.35. The molecule has 6 heteroatoms. The predicted molar refractivity (Wildman–Crippen MR) is 78.1 cm³/mol. The predicted octanol–water partition coefficient (Wildman–Crippen LogP) is 4.96. The minimum Gasteiger partial charge on any atom is -0.376 e. The Bertz CT molecular complexity index is 670. The molecule has 3 rings (SSSR count). The topological polar surface area (TPSA) is 24.9 Å². The number of aromatic nitrogens is 1. The van der Waals surface area contributed by atoms with Crippen LogP contribution in [0.3, 0.4) is 0 Å². The van der Waals surface area contributed by atoms with Crippen molar-refractivity contribution < 1.29 is 13.2 Å². The number of alkyl halides is 3. The maximum Gasteiger partial charge on any atom is 0.418 e. The summed E-state index contributed by atoms with van der Waals surface area (Å²) >= 11 is 3.09. The molecule has 21 heavy (non-hydrogen) atoms. The summed E-state index contributed by atoms with van der Waals surface area (Å²) in [5, 5.41) is 3.00. The fourth-order valence-electron chi connectivity index (χ4n) is 2.62. The summed E-state index contributed by atoms with van der Waals surface area (Å²) in [6.07, 6.45) is -1.14. The average Bonchev–Trinajstić information content (AvgIpc) is 2.83. The number of benzene rings is 1. The number of pyridine rings is 1. The van der Waals surface area contributed by atoms with E-state index in [2.05, 4.69) is 26.2 Å². The van der Waals surface area contributed by atoms with Crippen LogP contribution in [0.5, 0.6) is 0 Å². The van der Waals surface area contributed by atoms with E-state index in [0.717, 1.165) is 30.2 Å². The van der Waals surface area contributed by atoms with Crippen molar-refractivity contribution in [3.63, 3.8) is 0 Å². The van der Waals surface area contributed by atoms with Crippen molar-refractivity contribution >= 4 is 21.6 Å². The van der Waals surface area contributed by atoms with Gasteiger partial charge in [-0.1, -0.05) is 22.0 Å². The van der Waals surface area contributed by atoms with Crippen LogP contribution in [0.1, 0.15) is 29.3 Å². The molecule has 0 radical (unpaired) electrons. The monoisotopic (exact) mass is 356 g/mol. The Morgan fingerprint density at radius 3 is 2.81 bits per heavy atom. The second-order valence-corrected chi connectivity index (χ2v) is 5.89. The van der Waals surface area contributed by atoms with Crippen LogP contribution in [0.2, 0.25) is 0 Å². The van der Waals surface area contributed by atoms with Gasteiger partial charge in [0.05, 0.1) is 17.3 Å². The van der Waals surface area contributed by atoms with Gasteiger partial charge < -0.3 is 5.32 Å². The van der Waals surface area contributed by atoms with E-state index in [0.29, 0.717) is 4.47 Å². The van der Waals surface area contributed by atoms with Crippen LogP contribution < -0.4 is 5.32 Å². The Morgan fingerprint density at radius 2 is 2.05 bits per heavy atom. The summed E-state index contributed by atoms with van der Waals surface area (Å²) in [5.74, 6) is 0. The van der Waals surface area contributed by atoms with E-state index in [4.69, 9.17) is 0 Å². The molecule has 1 N–H and O–H groups in total. The molecule has 1 heterocycles. The van der Waals surface area contributed by atoms with E-state index in [9.17, 15) is 13.2 Å². The first-order valence-electron chi connectivity index (χ1n) is 6.52. The van der Waals surface area contributed by atoms with E-state index < -0.39 is 11.7 Å². The molecule has 0 saturated carbocycles. The Morgan fingerprint density at radius 1 is 1.24 bits per heavy atom. The number of anilines is 1. The molecule has 0 aliphatic heterocycles. The van der Waals surface area contributed by atoms with Gasteiger partial charge in [0.15, 0.2) is 0 Å². The fraction of sp³-hybridized carbons (Fsp3) is 0.267. The summed E-state index contributed by atoms with van der Waals surface area (Å²) in [6, 6.07) is 7.79. The first kappa shape index (κ1) is 14.4. The van der Waals surface area contributed by atoms with E-state index in [1.165, 1.54) is 6.07 Å². The second-order valence-electron chi connectivity index (χ2n) is 4.97. The van der Waals surface area contributed by atoms with Gasteiger partial charge in [-0.25, -0.2) is 0 Å². The van der Waals surface area contributed by atoms with Gasteiger partial charge in [0, 0.05) is 16.4 Å². The normalized spacial score (nSPS) is 17.6. The molecule has 0 amide bonds. The molecule has 1 aromatic heterocycles. The molecular weight excluding hydrogens is 345 g/mol. The Kier molecular flexibility index (Phi) is 3.65. The van der Waals surface area contributed by atoms with Gasteiger partial charge in [-0.3, -0.25) is 4.98 Å². The first-order chi connectivity index (χ1) is 9.95. The summed E-state index contributed by atoms with van der Waals surface area (Å²) in [7, 11) is 0. The number of hydrogen-bond donors (Lipinski definition) is 1. The Balaban J connectivity index is 1.93. The van der Waals surface area contributed by atoms with Crippen LogP contribution in [-0.4, -0.2) is 4.98 Å². The van der Waals surface area contributed by atoms with Crippen LogP contribution in [0.25, 0.3) is 0 Å². The molecule has 2 aromatic rings. The zero-order valence-corrected chi connectivity index (χ0v) is 12.5. The first-order valence-corrected chi connectivity index (χ1v) is 7.31. The van der Waals surface area contributed by atoms with E-state index in [1.54, 1.807) is 12.3 Å². The van der Waals surface area contributed by atoms with E-state index in [-0.39, 0.29) is 11.7 Å². The summed E-state index contributed by atoms with van der Waals surface area (Å²) < 4.78 is 39.8. The molecule has 0 saturated heterocycles. The average molecular weight is 357 g/mol. The Labute approximate surface area is 128 Å². The molecule has 1 atom stereocenters. The van der Waals surface area contributed by atoms with Gasteiger partial charge in [-0.15, -0.1) is 0 Å². The fourth-order valence-corrected chi connectivity index (χ4v) is 2.98. The lowest BCUT2D eigenvalue weighted by Gasteiger charge is -2.19. The molecular formula is C15H12BrF3N2. The van der Waals surface area contributed by atoms with Crippen molar-refractivity contribution in [2.45, 2.75) is 25.1 Å². The minimum atomic E-state index is -4.39. The zero-order chi connectivity index (χ0) is 15.0. The van der Waals surface area contributed by atoms with Crippen LogP contribution in [0.15, 0.2) is 41.0 Å². The highest BCUT2D eigenvalue weighted by atomic mass is 79.9. The summed E-state index contributed by atoms with van der Waals surface area (Å²) in [5.41, 5.74) is 1.37. The lowest BCUT2D eigenvalue weighted by Crippen LogP contribution is -2.14. The number of rotatable bonds is 2. The van der Waals surface area contributed by atoms with Crippen LogP contribution in [0.4, 0.5) is 18.9 Å². The molecule has 1 aliphatic carbocycles. The molecule has 110 valence electrons. The van der Waals surface area contributed by atoms with Crippen molar-refractivity contribution in [2.24, 2.45) is 0 Å². The van der Waals surface area contributed by atoms with Gasteiger partial charge >= 0.3 is 6.18 Å². The number of nitrogens with one attached hydrogen (secondary N) is 1. The molecule has 1 aromatic carbocycles. The van der Waals surface area contributed by atoms with Crippen LogP contribution >= 0.6 is 15.9 Å². The largest absolute Gasteiger partial charge is 0.418 e. The number of fused-ring (bicyclic) bond motifs is 1. The third kappa shape index (κ3) is 2.90. The second kappa shape index (κ2) is 5.33. The molecule has 2 nitrogen and oxygen atoms in total. The molecule has 1 unspecified atom stereocenters. The number of nitrogens with zero attached hydrogens (tertiary/aromatic N) is 1. The Hall–Kier alpha value is -1.56. The van der Waals surface area contributed by atoms with Crippen LogP contribution in [-0.2, 0) is 12.6 Å². The van der Waals surface area contributed by atoms with Gasteiger partial charge in [-0.2, -0.15) is 13.2 Å². The lowest BCUT2D eigenvalue weighted by molar-refractivity contribution is -0.137. The number of halogens is 4. The smallest absolute Gasteiger partial charge is 0.376 e. The third-order valence-corrected chi connectivity index (χ3v) is 4.07. The van der Waals surface area contributed by atoms with Crippen molar-refractivity contribution in [3.05, 3.63) is 57.8 Å². The van der Waals surface area contributed by atoms with E-state index in [1.807, 2.05) is 12.1 Å². The third-order valence-electron chi connectivity index (χ3n) is 3.58. The maximum atomic E-state index is 13.1. The molecule has 1 aliphatic rings. The van der Waals surface area contributed by atoms with Crippen molar-refractivity contribution in [2.75, 3.05) is 5.32 Å². The van der Waals surface area contributed by atoms with E-state index >= 15 is 0 Å². The summed E-state index contributed by atoms with van der Waals surface area (Å²) in [6.45, 7) is 0. The molecule has 0 bridgehead atoms. The summed E-state index contributed by atoms with van der Waals surface area (Å²) in [4.78, 5) is 4.29. The zero-order valence-electron chi connectivity index (χ0n) is 10.9. The van der Waals surface area contributed by atoms with Crippen LogP contribution in [0, 0.1) is 0 Å². The van der Waals surface area contributed by atoms with Crippen molar-refractivity contribution in [1.29, 1.82) is 0 Å². The highest BCUT2D eigenvalue weighted by Crippen LogP contribution is 2.39.